The predicted molar refractivity (Wildman–Crippen MR) is 92.2 cm³/mol. The lowest BCUT2D eigenvalue weighted by Crippen LogP contribution is -2.28. The summed E-state index contributed by atoms with van der Waals surface area (Å²) in [6, 6.07) is 14.4. The van der Waals surface area contributed by atoms with Gasteiger partial charge in [0, 0.05) is 0 Å². The van der Waals surface area contributed by atoms with Crippen molar-refractivity contribution in [3.05, 3.63) is 65.1 Å². The van der Waals surface area contributed by atoms with Gasteiger partial charge in [-0.25, -0.2) is 4.98 Å². The number of aromatic nitrogens is 2. The first-order chi connectivity index (χ1) is 11.7. The second-order valence-corrected chi connectivity index (χ2v) is 5.15. The summed E-state index contributed by atoms with van der Waals surface area (Å²) >= 11 is 0. The highest BCUT2D eigenvalue weighted by Gasteiger charge is 2.11. The Morgan fingerprint density at radius 2 is 1.92 bits per heavy atom. The molecule has 0 aliphatic heterocycles. The van der Waals surface area contributed by atoms with Gasteiger partial charge >= 0.3 is 0 Å². The number of amides is 1. The third kappa shape index (κ3) is 3.27. The number of nitrogens with zero attached hydrogens (tertiary/aromatic N) is 2. The molecule has 1 N–H and O–H groups in total. The van der Waals surface area contributed by atoms with Crippen molar-refractivity contribution in [3.63, 3.8) is 0 Å². The largest absolute Gasteiger partial charge is 0.492 e. The molecule has 0 aliphatic rings. The predicted octanol–water partition coefficient (Wildman–Crippen LogP) is 2.43. The zero-order chi connectivity index (χ0) is 16.9. The molecule has 0 spiro atoms. The Hall–Kier alpha value is -3.15. The van der Waals surface area contributed by atoms with Crippen LogP contribution in [0.1, 0.15) is 6.92 Å². The van der Waals surface area contributed by atoms with E-state index in [0.717, 1.165) is 0 Å². The molecule has 1 amide bonds. The van der Waals surface area contributed by atoms with Gasteiger partial charge in [-0.3, -0.25) is 14.2 Å². The Labute approximate surface area is 138 Å². The average molecular weight is 323 g/mol. The van der Waals surface area contributed by atoms with Crippen molar-refractivity contribution >= 4 is 22.6 Å². The van der Waals surface area contributed by atoms with Crippen LogP contribution in [-0.4, -0.2) is 22.1 Å². The third-order valence-electron chi connectivity index (χ3n) is 3.52. The fraction of sp³-hybridized carbons (Fsp3) is 0.167. The Morgan fingerprint density at radius 1 is 1.17 bits per heavy atom. The monoisotopic (exact) mass is 323 g/mol. The maximum absolute atomic E-state index is 12.4. The quantitative estimate of drug-likeness (QED) is 0.782. The highest BCUT2D eigenvalue weighted by atomic mass is 16.5. The van der Waals surface area contributed by atoms with Crippen molar-refractivity contribution in [1.29, 1.82) is 0 Å². The van der Waals surface area contributed by atoms with E-state index in [1.807, 2.05) is 31.2 Å². The molecule has 6 nitrogen and oxygen atoms in total. The van der Waals surface area contributed by atoms with Crippen LogP contribution < -0.4 is 15.6 Å². The minimum Gasteiger partial charge on any atom is -0.492 e. The molecule has 3 rings (SSSR count). The Morgan fingerprint density at radius 3 is 2.75 bits per heavy atom. The summed E-state index contributed by atoms with van der Waals surface area (Å²) in [4.78, 5) is 28.6. The first-order valence-electron chi connectivity index (χ1n) is 7.65. The van der Waals surface area contributed by atoms with Crippen molar-refractivity contribution in [2.24, 2.45) is 0 Å². The fourth-order valence-electron chi connectivity index (χ4n) is 2.46. The van der Waals surface area contributed by atoms with Crippen molar-refractivity contribution in [2.75, 3.05) is 11.9 Å². The van der Waals surface area contributed by atoms with Gasteiger partial charge in [0.1, 0.15) is 12.3 Å². The molecular weight excluding hydrogens is 306 g/mol. The van der Waals surface area contributed by atoms with Crippen molar-refractivity contribution in [3.8, 4) is 5.75 Å². The van der Waals surface area contributed by atoms with E-state index in [1.165, 1.54) is 10.8 Å². The molecule has 0 saturated carbocycles. The second kappa shape index (κ2) is 6.95. The lowest BCUT2D eigenvalue weighted by molar-refractivity contribution is -0.116. The molecule has 1 heterocycles. The summed E-state index contributed by atoms with van der Waals surface area (Å²) in [5.41, 5.74) is 1.55. The van der Waals surface area contributed by atoms with Crippen LogP contribution in [0.15, 0.2) is 59.5 Å². The van der Waals surface area contributed by atoms with Crippen LogP contribution in [0.3, 0.4) is 0 Å². The van der Waals surface area contributed by atoms with E-state index in [9.17, 15) is 9.59 Å². The lowest BCUT2D eigenvalue weighted by Gasteiger charge is -2.13. The van der Waals surface area contributed by atoms with Gasteiger partial charge in [-0.2, -0.15) is 0 Å². The van der Waals surface area contributed by atoms with Crippen LogP contribution in [0.25, 0.3) is 11.0 Å². The number of carbonyl (C=O) groups is 1. The second-order valence-electron chi connectivity index (χ2n) is 5.15. The van der Waals surface area contributed by atoms with Gasteiger partial charge in [-0.15, -0.1) is 0 Å². The summed E-state index contributed by atoms with van der Waals surface area (Å²) in [5.74, 6) is 0.292. The Balaban J connectivity index is 1.86. The summed E-state index contributed by atoms with van der Waals surface area (Å²) in [6.45, 7) is 2.28. The van der Waals surface area contributed by atoms with Crippen LogP contribution in [0.4, 0.5) is 5.69 Å². The molecule has 6 heteroatoms. The summed E-state index contributed by atoms with van der Waals surface area (Å²) < 4.78 is 6.89. The van der Waals surface area contributed by atoms with Gasteiger partial charge in [-0.05, 0) is 31.2 Å². The smallest absolute Gasteiger partial charge is 0.269 e. The number of ether oxygens (including phenoxy) is 1. The maximum Gasteiger partial charge on any atom is 0.269 e. The molecule has 0 bridgehead atoms. The Kier molecular flexibility index (Phi) is 4.56. The number of anilines is 1. The van der Waals surface area contributed by atoms with Crippen LogP contribution in [0, 0.1) is 0 Å². The normalized spacial score (nSPS) is 10.5. The van der Waals surface area contributed by atoms with E-state index >= 15 is 0 Å². The molecule has 3 aromatic rings. The van der Waals surface area contributed by atoms with Crippen LogP contribution >= 0.6 is 0 Å². The Bertz CT molecular complexity index is 934. The van der Waals surface area contributed by atoms with Crippen molar-refractivity contribution in [2.45, 2.75) is 13.5 Å². The number of hydrogen-bond acceptors (Lipinski definition) is 4. The summed E-state index contributed by atoms with van der Waals surface area (Å²) in [5, 5.41) is 2.79. The minimum atomic E-state index is -0.318. The molecule has 0 atom stereocenters. The average Bonchev–Trinajstić information content (AvgIpc) is 2.59. The maximum atomic E-state index is 12.4. The fourth-order valence-corrected chi connectivity index (χ4v) is 2.46. The van der Waals surface area contributed by atoms with E-state index in [0.29, 0.717) is 29.1 Å². The molecule has 0 saturated heterocycles. The first kappa shape index (κ1) is 15.7. The van der Waals surface area contributed by atoms with E-state index in [1.54, 1.807) is 24.3 Å². The van der Waals surface area contributed by atoms with Crippen LogP contribution in [0.5, 0.6) is 5.75 Å². The molecule has 0 fully saturated rings. The number of para-hydroxylation sites is 4. The standard InChI is InChI=1S/C18H17N3O3/c1-2-24-16-10-6-4-8-14(16)20-17(22)12-21-15-9-5-3-7-13(15)19-11-18(21)23/h3-11H,2,12H2,1H3,(H,20,22). The zero-order valence-electron chi connectivity index (χ0n) is 13.2. The summed E-state index contributed by atoms with van der Waals surface area (Å²) in [6.07, 6.45) is 1.23. The number of fused-ring (bicyclic) bond motifs is 1. The number of benzene rings is 2. The molecule has 122 valence electrons. The van der Waals surface area contributed by atoms with E-state index in [4.69, 9.17) is 4.74 Å². The SMILES string of the molecule is CCOc1ccccc1NC(=O)Cn1c(=O)cnc2ccccc21. The van der Waals surface area contributed by atoms with Crippen LogP contribution in [-0.2, 0) is 11.3 Å². The van der Waals surface area contributed by atoms with Gasteiger partial charge in [-0.1, -0.05) is 24.3 Å². The van der Waals surface area contributed by atoms with E-state index < -0.39 is 0 Å². The number of nitrogens with one attached hydrogen (secondary N) is 1. The zero-order valence-corrected chi connectivity index (χ0v) is 13.2. The lowest BCUT2D eigenvalue weighted by atomic mass is 10.2. The number of rotatable bonds is 5. The minimum absolute atomic E-state index is 0.0949. The van der Waals surface area contributed by atoms with Crippen molar-refractivity contribution in [1.82, 2.24) is 9.55 Å². The van der Waals surface area contributed by atoms with Gasteiger partial charge in [0.15, 0.2) is 0 Å². The first-order valence-corrected chi connectivity index (χ1v) is 7.65. The highest BCUT2D eigenvalue weighted by molar-refractivity contribution is 5.92. The molecule has 2 aromatic carbocycles. The molecule has 0 radical (unpaired) electrons. The van der Waals surface area contributed by atoms with Gasteiger partial charge in [0.05, 0.1) is 29.5 Å². The van der Waals surface area contributed by atoms with E-state index in [-0.39, 0.29) is 18.0 Å². The molecule has 24 heavy (non-hydrogen) atoms. The topological polar surface area (TPSA) is 73.2 Å². The van der Waals surface area contributed by atoms with E-state index in [2.05, 4.69) is 10.3 Å². The third-order valence-corrected chi connectivity index (χ3v) is 3.52. The van der Waals surface area contributed by atoms with Gasteiger partial charge < -0.3 is 10.1 Å². The number of hydrogen-bond donors (Lipinski definition) is 1. The molecule has 0 aliphatic carbocycles. The van der Waals surface area contributed by atoms with Crippen LogP contribution in [0.2, 0.25) is 0 Å². The molecule has 1 aromatic heterocycles. The molecular formula is C18H17N3O3. The van der Waals surface area contributed by atoms with Crippen molar-refractivity contribution < 1.29 is 9.53 Å². The van der Waals surface area contributed by atoms with Gasteiger partial charge in [0.2, 0.25) is 5.91 Å². The summed E-state index contributed by atoms with van der Waals surface area (Å²) in [7, 11) is 0. The molecule has 0 unspecified atom stereocenters. The number of carbonyl (C=O) groups excluding carboxylic acids is 1. The highest BCUT2D eigenvalue weighted by Crippen LogP contribution is 2.23. The van der Waals surface area contributed by atoms with Gasteiger partial charge in [0.25, 0.3) is 5.56 Å².